The summed E-state index contributed by atoms with van der Waals surface area (Å²) < 4.78 is 0. The molecule has 0 aliphatic carbocycles. The number of nitrogens with zero attached hydrogens (tertiary/aromatic N) is 3. The molecule has 0 radical (unpaired) electrons. The number of nitrogens with one attached hydrogen (secondary N) is 1. The van der Waals surface area contributed by atoms with Gasteiger partial charge in [-0.25, -0.2) is 4.98 Å². The van der Waals surface area contributed by atoms with Gasteiger partial charge in [-0.2, -0.15) is 11.8 Å². The van der Waals surface area contributed by atoms with Crippen LogP contribution in [0.4, 0.5) is 5.82 Å². The van der Waals surface area contributed by atoms with Gasteiger partial charge in [0.1, 0.15) is 5.82 Å². The third-order valence-corrected chi connectivity index (χ3v) is 4.51. The van der Waals surface area contributed by atoms with Crippen LogP contribution < -0.4 is 10.2 Å². The van der Waals surface area contributed by atoms with Crippen molar-refractivity contribution in [3.8, 4) is 0 Å². The molecule has 1 aliphatic heterocycles. The molecule has 1 N–H and O–H groups in total. The predicted octanol–water partition coefficient (Wildman–Crippen LogP) is 1.59. The first kappa shape index (κ1) is 17.1. The average Bonchev–Trinajstić information content (AvgIpc) is 2.76. The van der Waals surface area contributed by atoms with E-state index in [9.17, 15) is 4.79 Å². The Hall–Kier alpha value is -1.27. The number of hydrogen-bond donors (Lipinski definition) is 1. The van der Waals surface area contributed by atoms with Crippen LogP contribution >= 0.6 is 11.8 Å². The van der Waals surface area contributed by atoms with Crippen molar-refractivity contribution in [2.24, 2.45) is 0 Å². The van der Waals surface area contributed by atoms with Gasteiger partial charge in [-0.1, -0.05) is 6.07 Å². The summed E-state index contributed by atoms with van der Waals surface area (Å²) in [5, 5.41) is 3.01. The molecule has 1 saturated heterocycles. The molecule has 1 amide bonds. The lowest BCUT2D eigenvalue weighted by Gasteiger charge is -2.24. The largest absolute Gasteiger partial charge is 0.355 e. The number of aromatic nitrogens is 1. The maximum Gasteiger partial charge on any atom is 0.221 e. The second-order valence-electron chi connectivity index (χ2n) is 5.65. The maximum atomic E-state index is 11.8. The SMILES string of the molecule is CSCCC(=O)NCc1cccnc1N1CCCN(C)CC1. The minimum atomic E-state index is 0.111. The van der Waals surface area contributed by atoms with Crippen molar-refractivity contribution < 1.29 is 4.79 Å². The molecule has 0 aromatic carbocycles. The van der Waals surface area contributed by atoms with Crippen LogP contribution in [0.2, 0.25) is 0 Å². The fourth-order valence-corrected chi connectivity index (χ4v) is 2.98. The smallest absolute Gasteiger partial charge is 0.221 e. The predicted molar refractivity (Wildman–Crippen MR) is 93.4 cm³/mol. The van der Waals surface area contributed by atoms with Crippen molar-refractivity contribution in [3.63, 3.8) is 0 Å². The van der Waals surface area contributed by atoms with E-state index in [4.69, 9.17) is 0 Å². The summed E-state index contributed by atoms with van der Waals surface area (Å²) in [7, 11) is 2.16. The second kappa shape index (κ2) is 9.00. The van der Waals surface area contributed by atoms with Crippen LogP contribution in [0.3, 0.4) is 0 Å². The minimum Gasteiger partial charge on any atom is -0.355 e. The van der Waals surface area contributed by atoms with Crippen LogP contribution in [-0.2, 0) is 11.3 Å². The highest BCUT2D eigenvalue weighted by Gasteiger charge is 2.16. The van der Waals surface area contributed by atoms with E-state index < -0.39 is 0 Å². The van der Waals surface area contributed by atoms with Crippen LogP contribution in [0.15, 0.2) is 18.3 Å². The lowest BCUT2D eigenvalue weighted by atomic mass is 10.2. The van der Waals surface area contributed by atoms with Crippen molar-refractivity contribution in [1.82, 2.24) is 15.2 Å². The molecule has 22 heavy (non-hydrogen) atoms. The zero-order valence-electron chi connectivity index (χ0n) is 13.5. The van der Waals surface area contributed by atoms with Crippen molar-refractivity contribution >= 4 is 23.5 Å². The third kappa shape index (κ3) is 5.18. The quantitative estimate of drug-likeness (QED) is 0.862. The molecule has 1 aliphatic rings. The second-order valence-corrected chi connectivity index (χ2v) is 6.64. The number of likely N-dealkylation sites (N-methyl/N-ethyl adjacent to an activating group) is 1. The molecular weight excluding hydrogens is 296 g/mol. The van der Waals surface area contributed by atoms with E-state index in [-0.39, 0.29) is 5.91 Å². The van der Waals surface area contributed by atoms with Gasteiger partial charge in [0, 0.05) is 50.1 Å². The highest BCUT2D eigenvalue weighted by Crippen LogP contribution is 2.18. The first-order valence-corrected chi connectivity index (χ1v) is 9.23. The van der Waals surface area contributed by atoms with Gasteiger partial charge in [0.2, 0.25) is 5.91 Å². The number of amides is 1. The van der Waals surface area contributed by atoms with E-state index >= 15 is 0 Å². The Morgan fingerprint density at radius 2 is 2.23 bits per heavy atom. The van der Waals surface area contributed by atoms with Crippen molar-refractivity contribution in [2.75, 3.05) is 50.1 Å². The summed E-state index contributed by atoms with van der Waals surface area (Å²) in [5.74, 6) is 1.99. The van der Waals surface area contributed by atoms with Crippen LogP contribution in [0, 0.1) is 0 Å². The van der Waals surface area contributed by atoms with Gasteiger partial charge < -0.3 is 15.1 Å². The van der Waals surface area contributed by atoms with Gasteiger partial charge in [0.25, 0.3) is 0 Å². The zero-order valence-corrected chi connectivity index (χ0v) is 14.4. The first-order chi connectivity index (χ1) is 10.7. The molecule has 0 bridgehead atoms. The van der Waals surface area contributed by atoms with Gasteiger partial charge in [-0.15, -0.1) is 0 Å². The topological polar surface area (TPSA) is 48.5 Å². The fraction of sp³-hybridized carbons (Fsp3) is 0.625. The Balaban J connectivity index is 1.98. The number of rotatable bonds is 6. The fourth-order valence-electron chi connectivity index (χ4n) is 2.59. The van der Waals surface area contributed by atoms with Gasteiger partial charge in [-0.3, -0.25) is 4.79 Å². The lowest BCUT2D eigenvalue weighted by molar-refractivity contribution is -0.120. The summed E-state index contributed by atoms with van der Waals surface area (Å²) >= 11 is 1.69. The molecule has 2 rings (SSSR count). The van der Waals surface area contributed by atoms with Crippen LogP contribution in [0.1, 0.15) is 18.4 Å². The summed E-state index contributed by atoms with van der Waals surface area (Å²) in [6.07, 6.45) is 5.57. The molecule has 1 fully saturated rings. The van der Waals surface area contributed by atoms with Crippen molar-refractivity contribution in [1.29, 1.82) is 0 Å². The molecular formula is C16H26N4OS. The number of thioether (sulfide) groups is 1. The van der Waals surface area contributed by atoms with Crippen LogP contribution in [0.5, 0.6) is 0 Å². The van der Waals surface area contributed by atoms with E-state index in [1.165, 1.54) is 0 Å². The van der Waals surface area contributed by atoms with E-state index in [1.807, 2.05) is 18.5 Å². The molecule has 1 aromatic heterocycles. The molecule has 1 aromatic rings. The lowest BCUT2D eigenvalue weighted by Crippen LogP contribution is -2.31. The Bertz CT molecular complexity index is 483. The Labute approximate surface area is 137 Å². The first-order valence-electron chi connectivity index (χ1n) is 7.83. The van der Waals surface area contributed by atoms with Crippen molar-refractivity contribution in [2.45, 2.75) is 19.4 Å². The molecule has 2 heterocycles. The standard InChI is InChI=1S/C16H26N4OS/c1-19-8-4-9-20(11-10-19)16-14(5-3-7-17-16)13-18-15(21)6-12-22-2/h3,5,7H,4,6,8-13H2,1-2H3,(H,18,21). The van der Waals surface area contributed by atoms with E-state index in [0.29, 0.717) is 13.0 Å². The third-order valence-electron chi connectivity index (χ3n) is 3.90. The zero-order chi connectivity index (χ0) is 15.8. The Kier molecular flexibility index (Phi) is 6.99. The Morgan fingerprint density at radius 1 is 1.36 bits per heavy atom. The Morgan fingerprint density at radius 3 is 3.05 bits per heavy atom. The average molecular weight is 322 g/mol. The van der Waals surface area contributed by atoms with Crippen LogP contribution in [-0.4, -0.2) is 61.0 Å². The molecule has 5 nitrogen and oxygen atoms in total. The van der Waals surface area contributed by atoms with Gasteiger partial charge in [0.15, 0.2) is 0 Å². The normalized spacial score (nSPS) is 16.4. The highest BCUT2D eigenvalue weighted by atomic mass is 32.2. The highest BCUT2D eigenvalue weighted by molar-refractivity contribution is 7.98. The molecule has 0 atom stereocenters. The molecule has 122 valence electrons. The molecule has 0 saturated carbocycles. The summed E-state index contributed by atoms with van der Waals surface area (Å²) in [6, 6.07) is 4.00. The van der Waals surface area contributed by atoms with Crippen LogP contribution in [0.25, 0.3) is 0 Å². The monoisotopic (exact) mass is 322 g/mol. The minimum absolute atomic E-state index is 0.111. The number of anilines is 1. The number of hydrogen-bond acceptors (Lipinski definition) is 5. The maximum absolute atomic E-state index is 11.8. The molecule has 6 heteroatoms. The number of carbonyl (C=O) groups excluding carboxylic acids is 1. The van der Waals surface area contributed by atoms with Crippen molar-refractivity contribution in [3.05, 3.63) is 23.9 Å². The van der Waals surface area contributed by atoms with E-state index in [2.05, 4.69) is 33.2 Å². The number of pyridine rings is 1. The van der Waals surface area contributed by atoms with E-state index in [0.717, 1.165) is 49.7 Å². The summed E-state index contributed by atoms with van der Waals surface area (Å²) in [6.45, 7) is 4.75. The number of carbonyl (C=O) groups is 1. The molecule has 0 spiro atoms. The summed E-state index contributed by atoms with van der Waals surface area (Å²) in [4.78, 5) is 21.1. The van der Waals surface area contributed by atoms with E-state index in [1.54, 1.807) is 11.8 Å². The van der Waals surface area contributed by atoms with Gasteiger partial charge in [0.05, 0.1) is 0 Å². The van der Waals surface area contributed by atoms with Gasteiger partial charge in [-0.05, 0) is 32.3 Å². The van der Waals surface area contributed by atoms with Gasteiger partial charge >= 0.3 is 0 Å². The summed E-state index contributed by atoms with van der Waals surface area (Å²) in [5.41, 5.74) is 1.10. The molecule has 0 unspecified atom stereocenters.